The van der Waals surface area contributed by atoms with Gasteiger partial charge in [-0.1, -0.05) is 15.9 Å². The van der Waals surface area contributed by atoms with Gasteiger partial charge in [0.2, 0.25) is 0 Å². The van der Waals surface area contributed by atoms with Crippen LogP contribution in [0.3, 0.4) is 0 Å². The van der Waals surface area contributed by atoms with Crippen LogP contribution in [0.25, 0.3) is 0 Å². The number of hydrogen-bond acceptors (Lipinski definition) is 2. The predicted octanol–water partition coefficient (Wildman–Crippen LogP) is 4.79. The monoisotopic (exact) mass is 330 g/mol. The Bertz CT molecular complexity index is 579. The van der Waals surface area contributed by atoms with Crippen LogP contribution in [-0.2, 0) is 6.18 Å². The zero-order valence-corrected chi connectivity index (χ0v) is 11.2. The highest BCUT2D eigenvalue weighted by molar-refractivity contribution is 9.10. The van der Waals surface area contributed by atoms with Crippen LogP contribution in [0.15, 0.2) is 46.9 Å². The third kappa shape index (κ3) is 3.41. The van der Waals surface area contributed by atoms with E-state index >= 15 is 0 Å². The van der Waals surface area contributed by atoms with E-state index in [4.69, 9.17) is 5.73 Å². The van der Waals surface area contributed by atoms with Crippen LogP contribution in [0.1, 0.15) is 5.56 Å². The number of nitrogens with two attached hydrogens (primary N) is 1. The molecule has 3 N–H and O–H groups in total. The van der Waals surface area contributed by atoms with Gasteiger partial charge in [0, 0.05) is 10.2 Å². The number of nitrogen functional groups attached to an aromatic ring is 1. The van der Waals surface area contributed by atoms with Gasteiger partial charge in [-0.2, -0.15) is 13.2 Å². The second kappa shape index (κ2) is 5.13. The minimum Gasteiger partial charge on any atom is -0.397 e. The second-order valence-corrected chi connectivity index (χ2v) is 4.85. The molecule has 0 aliphatic rings. The van der Waals surface area contributed by atoms with Crippen LogP contribution in [0.5, 0.6) is 0 Å². The average Bonchev–Trinajstić information content (AvgIpc) is 2.32. The largest absolute Gasteiger partial charge is 0.416 e. The van der Waals surface area contributed by atoms with Gasteiger partial charge >= 0.3 is 6.18 Å². The van der Waals surface area contributed by atoms with Crippen molar-refractivity contribution in [2.45, 2.75) is 6.18 Å². The minimum absolute atomic E-state index is 0.509. The van der Waals surface area contributed by atoms with E-state index in [0.29, 0.717) is 17.1 Å². The van der Waals surface area contributed by atoms with Crippen molar-refractivity contribution in [1.29, 1.82) is 0 Å². The van der Waals surface area contributed by atoms with Crippen molar-refractivity contribution in [1.82, 2.24) is 0 Å². The first-order valence-electron chi connectivity index (χ1n) is 5.35. The van der Waals surface area contributed by atoms with Crippen molar-refractivity contribution in [3.05, 3.63) is 52.5 Å². The van der Waals surface area contributed by atoms with E-state index in [1.165, 1.54) is 12.1 Å². The highest BCUT2D eigenvalue weighted by Gasteiger charge is 2.29. The number of halogens is 4. The zero-order chi connectivity index (χ0) is 14.0. The zero-order valence-electron chi connectivity index (χ0n) is 9.63. The Morgan fingerprint density at radius 2 is 1.63 bits per heavy atom. The lowest BCUT2D eigenvalue weighted by Crippen LogP contribution is -2.04. The van der Waals surface area contributed by atoms with Crippen molar-refractivity contribution in [2.75, 3.05) is 11.1 Å². The first-order chi connectivity index (χ1) is 8.86. The van der Waals surface area contributed by atoms with E-state index in [0.717, 1.165) is 16.6 Å². The van der Waals surface area contributed by atoms with Crippen LogP contribution in [0.2, 0.25) is 0 Å². The standard InChI is InChI=1S/C13H10BrF3N2/c14-9-3-6-12(11(18)7-9)19-10-4-1-8(2-5-10)13(15,16)17/h1-7,19H,18H2. The predicted molar refractivity (Wildman–Crippen MR) is 73.3 cm³/mol. The summed E-state index contributed by atoms with van der Waals surface area (Å²) in [5, 5.41) is 2.96. The van der Waals surface area contributed by atoms with E-state index < -0.39 is 11.7 Å². The molecule has 2 rings (SSSR count). The fourth-order valence-corrected chi connectivity index (χ4v) is 1.92. The normalized spacial score (nSPS) is 11.4. The molecule has 0 aliphatic carbocycles. The second-order valence-electron chi connectivity index (χ2n) is 3.93. The number of anilines is 3. The number of alkyl halides is 3. The van der Waals surface area contributed by atoms with Gasteiger partial charge < -0.3 is 11.1 Å². The third-order valence-corrected chi connectivity index (χ3v) is 3.00. The summed E-state index contributed by atoms with van der Waals surface area (Å²) < 4.78 is 38.1. The lowest BCUT2D eigenvalue weighted by molar-refractivity contribution is -0.137. The number of nitrogens with one attached hydrogen (secondary N) is 1. The summed E-state index contributed by atoms with van der Waals surface area (Å²) in [5.74, 6) is 0. The summed E-state index contributed by atoms with van der Waals surface area (Å²) in [7, 11) is 0. The molecule has 0 unspecified atom stereocenters. The Labute approximate surface area is 116 Å². The van der Waals surface area contributed by atoms with Crippen molar-refractivity contribution >= 4 is 33.0 Å². The number of rotatable bonds is 2. The average molecular weight is 331 g/mol. The molecule has 0 heterocycles. The molecule has 2 nitrogen and oxygen atoms in total. The Balaban J connectivity index is 2.20. The van der Waals surface area contributed by atoms with E-state index in [1.54, 1.807) is 18.2 Å². The van der Waals surface area contributed by atoms with Gasteiger partial charge in [-0.05, 0) is 42.5 Å². The summed E-state index contributed by atoms with van der Waals surface area (Å²) in [6, 6.07) is 10.0. The molecule has 0 bridgehead atoms. The molecule has 0 spiro atoms. The van der Waals surface area contributed by atoms with Crippen molar-refractivity contribution in [3.8, 4) is 0 Å². The lowest BCUT2D eigenvalue weighted by Gasteiger charge is -2.11. The van der Waals surface area contributed by atoms with Crippen LogP contribution in [0.4, 0.5) is 30.2 Å². The van der Waals surface area contributed by atoms with Gasteiger partial charge in [-0.15, -0.1) is 0 Å². The molecular formula is C13H10BrF3N2. The maximum atomic E-state index is 12.4. The topological polar surface area (TPSA) is 38.0 Å². The molecule has 0 saturated heterocycles. The third-order valence-electron chi connectivity index (χ3n) is 2.50. The smallest absolute Gasteiger partial charge is 0.397 e. The van der Waals surface area contributed by atoms with Crippen LogP contribution >= 0.6 is 15.9 Å². The van der Waals surface area contributed by atoms with E-state index in [-0.39, 0.29) is 0 Å². The summed E-state index contributed by atoms with van der Waals surface area (Å²) in [6.45, 7) is 0. The van der Waals surface area contributed by atoms with Gasteiger partial charge in [0.25, 0.3) is 0 Å². The molecule has 2 aromatic rings. The maximum Gasteiger partial charge on any atom is 0.416 e. The summed E-state index contributed by atoms with van der Waals surface area (Å²) in [6.07, 6.45) is -4.32. The van der Waals surface area contributed by atoms with Crippen molar-refractivity contribution in [2.24, 2.45) is 0 Å². The molecule has 0 fully saturated rings. The molecule has 0 atom stereocenters. The highest BCUT2D eigenvalue weighted by Crippen LogP contribution is 2.31. The van der Waals surface area contributed by atoms with E-state index in [1.807, 2.05) is 0 Å². The van der Waals surface area contributed by atoms with Gasteiger partial charge in [0.1, 0.15) is 0 Å². The molecular weight excluding hydrogens is 321 g/mol. The fourth-order valence-electron chi connectivity index (χ4n) is 1.55. The molecule has 0 saturated carbocycles. The van der Waals surface area contributed by atoms with Gasteiger partial charge in [-0.3, -0.25) is 0 Å². The summed E-state index contributed by atoms with van der Waals surface area (Å²) in [4.78, 5) is 0. The molecule has 0 aromatic heterocycles. The lowest BCUT2D eigenvalue weighted by atomic mass is 10.2. The molecule has 6 heteroatoms. The van der Waals surface area contributed by atoms with Gasteiger partial charge in [0.05, 0.1) is 16.9 Å². The Morgan fingerprint density at radius 1 is 1.00 bits per heavy atom. The summed E-state index contributed by atoms with van der Waals surface area (Å²) in [5.41, 5.74) is 6.81. The Morgan fingerprint density at radius 3 is 2.16 bits per heavy atom. The van der Waals surface area contributed by atoms with Crippen LogP contribution in [-0.4, -0.2) is 0 Å². The SMILES string of the molecule is Nc1cc(Br)ccc1Nc1ccc(C(F)(F)F)cc1. The first-order valence-corrected chi connectivity index (χ1v) is 6.15. The van der Waals surface area contributed by atoms with E-state index in [2.05, 4.69) is 21.2 Å². The van der Waals surface area contributed by atoms with Crippen molar-refractivity contribution in [3.63, 3.8) is 0 Å². The minimum atomic E-state index is -4.32. The first kappa shape index (κ1) is 13.7. The quantitative estimate of drug-likeness (QED) is 0.776. The molecule has 100 valence electrons. The van der Waals surface area contributed by atoms with Crippen molar-refractivity contribution < 1.29 is 13.2 Å². The molecule has 19 heavy (non-hydrogen) atoms. The molecule has 2 aromatic carbocycles. The Kier molecular flexibility index (Phi) is 3.71. The fraction of sp³-hybridized carbons (Fsp3) is 0.0769. The Hall–Kier alpha value is -1.69. The van der Waals surface area contributed by atoms with Crippen LogP contribution in [0, 0.1) is 0 Å². The van der Waals surface area contributed by atoms with Gasteiger partial charge in [0.15, 0.2) is 0 Å². The summed E-state index contributed by atoms with van der Waals surface area (Å²) >= 11 is 3.28. The van der Waals surface area contributed by atoms with E-state index in [9.17, 15) is 13.2 Å². The molecule has 0 amide bonds. The van der Waals surface area contributed by atoms with Crippen LogP contribution < -0.4 is 11.1 Å². The highest BCUT2D eigenvalue weighted by atomic mass is 79.9. The molecule has 0 radical (unpaired) electrons. The number of benzene rings is 2. The molecule has 0 aliphatic heterocycles. The maximum absolute atomic E-state index is 12.4. The van der Waals surface area contributed by atoms with Gasteiger partial charge in [-0.25, -0.2) is 0 Å². The number of hydrogen-bond donors (Lipinski definition) is 2.